The highest BCUT2D eigenvalue weighted by Gasteiger charge is 2.43. The van der Waals surface area contributed by atoms with E-state index < -0.39 is 75.5 Å². The molecule has 0 spiro atoms. The van der Waals surface area contributed by atoms with Crippen molar-refractivity contribution in [1.82, 2.24) is 35.4 Å². The Morgan fingerprint density at radius 3 is 2.26 bits per heavy atom. The van der Waals surface area contributed by atoms with Crippen LogP contribution in [0.15, 0.2) is 57.7 Å². The molecule has 15 nitrogen and oxygen atoms in total. The quantitative estimate of drug-likeness (QED) is 0.0596. The van der Waals surface area contributed by atoms with Crippen molar-refractivity contribution < 1.29 is 38.1 Å². The van der Waals surface area contributed by atoms with Gasteiger partial charge in [-0.2, -0.15) is 0 Å². The topological polar surface area (TPSA) is 198 Å². The second-order valence-corrected chi connectivity index (χ2v) is 20.8. The molecule has 348 valence electrons. The number of Topliss-reactive ketones (excluding diaryl/α,β-unsaturated/α-hetero) is 1. The van der Waals surface area contributed by atoms with Crippen LogP contribution in [-0.2, 0) is 35.0 Å². The van der Waals surface area contributed by atoms with Crippen molar-refractivity contribution in [1.29, 1.82) is 0 Å². The molecule has 3 heterocycles. The molecule has 2 aliphatic heterocycles. The van der Waals surface area contributed by atoms with Crippen LogP contribution in [0, 0.1) is 10.8 Å². The lowest BCUT2D eigenvalue weighted by atomic mass is 9.85. The van der Waals surface area contributed by atoms with Gasteiger partial charge in [-0.1, -0.05) is 91.3 Å². The highest BCUT2D eigenvalue weighted by molar-refractivity contribution is 7.85. The number of allylic oxidation sites excluding steroid dienone is 3. The Hall–Kier alpha value is -4.19. The zero-order valence-electron chi connectivity index (χ0n) is 38.6. The van der Waals surface area contributed by atoms with Crippen LogP contribution < -0.4 is 21.3 Å². The van der Waals surface area contributed by atoms with Gasteiger partial charge in [-0.15, -0.1) is 11.3 Å². The van der Waals surface area contributed by atoms with Crippen molar-refractivity contribution in [2.45, 2.75) is 141 Å². The molecule has 1 saturated heterocycles. The highest BCUT2D eigenvalue weighted by atomic mass is 32.2. The first-order valence-corrected chi connectivity index (χ1v) is 23.5. The summed E-state index contributed by atoms with van der Waals surface area (Å²) in [6.07, 6.45) is 12.2. The molecule has 5 N–H and O–H groups in total. The third kappa shape index (κ3) is 17.2. The summed E-state index contributed by atoms with van der Waals surface area (Å²) < 4.78 is 15.4. The summed E-state index contributed by atoms with van der Waals surface area (Å²) in [5, 5.41) is 20.2. The molecule has 1 aliphatic carbocycles. The second kappa shape index (κ2) is 25.8. The molecule has 0 radical (unpaired) electrons. The minimum Gasteiger partial charge on any atom is -0.400 e. The number of amides is 6. The molecule has 62 heavy (non-hydrogen) atoms. The number of aliphatic hydroxyl groups is 1. The summed E-state index contributed by atoms with van der Waals surface area (Å²) in [6.45, 7) is 21.4. The maximum absolute atomic E-state index is 14.0. The monoisotopic (exact) mass is 903 g/mol. The van der Waals surface area contributed by atoms with Gasteiger partial charge in [0.25, 0.3) is 5.91 Å². The van der Waals surface area contributed by atoms with Crippen molar-refractivity contribution in [3.8, 4) is 0 Å². The van der Waals surface area contributed by atoms with Gasteiger partial charge in [0.2, 0.25) is 24.0 Å². The van der Waals surface area contributed by atoms with E-state index in [4.69, 9.17) is 5.11 Å². The number of carbonyl (C=O) groups excluding carboxylic acids is 6. The van der Waals surface area contributed by atoms with Gasteiger partial charge in [-0.25, -0.2) is 13.3 Å². The highest BCUT2D eigenvalue weighted by Crippen LogP contribution is 2.28. The molecule has 1 saturated carbocycles. The Labute approximate surface area is 376 Å². The van der Waals surface area contributed by atoms with Gasteiger partial charge in [0.1, 0.15) is 27.3 Å². The third-order valence-corrected chi connectivity index (χ3v) is 13.4. The average molecular weight is 904 g/mol. The molecular weight excluding hydrogens is 831 g/mol. The van der Waals surface area contributed by atoms with Crippen LogP contribution in [0.3, 0.4) is 0 Å². The summed E-state index contributed by atoms with van der Waals surface area (Å²) in [7, 11) is 1.36. The van der Waals surface area contributed by atoms with Gasteiger partial charge in [-0.3, -0.25) is 24.0 Å². The Morgan fingerprint density at radius 2 is 1.71 bits per heavy atom. The van der Waals surface area contributed by atoms with Crippen LogP contribution in [0.25, 0.3) is 0 Å². The van der Waals surface area contributed by atoms with Crippen molar-refractivity contribution in [2.24, 2.45) is 10.8 Å². The number of nitrogens with one attached hydrogen (secondary N) is 4. The molecule has 6 amide bonds. The molecular formula is C45H73N7O8S2. The number of likely N-dealkylation sites (N-methyl/N-ethyl adjacent to an activating group) is 1. The lowest BCUT2D eigenvalue weighted by Gasteiger charge is -2.37. The third-order valence-electron chi connectivity index (χ3n) is 10.9. The Kier molecular flexibility index (Phi) is 22.5. The van der Waals surface area contributed by atoms with E-state index in [1.54, 1.807) is 17.4 Å². The molecule has 4 unspecified atom stereocenters. The van der Waals surface area contributed by atoms with E-state index in [1.807, 2.05) is 77.0 Å². The van der Waals surface area contributed by atoms with E-state index in [1.165, 1.54) is 27.4 Å². The maximum atomic E-state index is 14.0. The summed E-state index contributed by atoms with van der Waals surface area (Å²) in [5.74, 6) is -2.25. The fourth-order valence-electron chi connectivity index (χ4n) is 6.88. The van der Waals surface area contributed by atoms with Crippen molar-refractivity contribution in [3.63, 3.8) is 0 Å². The van der Waals surface area contributed by atoms with Crippen LogP contribution in [-0.4, -0.2) is 130 Å². The normalized spacial score (nSPS) is 18.6. The largest absolute Gasteiger partial charge is 0.400 e. The minimum absolute atomic E-state index is 0.0196. The Bertz CT molecular complexity index is 1750. The summed E-state index contributed by atoms with van der Waals surface area (Å²) in [5.41, 5.74) is 1.69. The predicted molar refractivity (Wildman–Crippen MR) is 246 cm³/mol. The van der Waals surface area contributed by atoms with Gasteiger partial charge in [0.05, 0.1) is 6.04 Å². The number of aliphatic hydroxyl groups excluding tert-OH is 1. The standard InChI is InChI=1S/C32H52N6O6S2.C12H17NO.CH4O/c1-9-12-21(25(39)28(41)33-20-15-16-20)34-27(40)22-13-10-17-38(22)29(42)26(32(5,6)7)36-30(43)35-23(31(2,3)4)19-37(8)46(44)24-14-11-18-45-24;1-3-4-5-6-12-9-13(10-14)8-7-11(12)2;1-2/h11,14,18,20-23,26H,9-10,12-13,15-17,19H2,1-8H3,(H,33,41)(H,34,40)(H2,35,36,43);3-5,10H,1,6-9H2,2H3;2H,1H3/b;5-4-;/t21?,22?,23?,26-,46?;;/m1../s1. The number of thiophene rings is 1. The van der Waals surface area contributed by atoms with E-state index in [0.717, 1.165) is 52.3 Å². The van der Waals surface area contributed by atoms with Gasteiger partial charge in [0.15, 0.2) is 0 Å². The van der Waals surface area contributed by atoms with Gasteiger partial charge in [-0.05, 0) is 79.7 Å². The number of hydrogen-bond acceptors (Lipinski definition) is 9. The van der Waals surface area contributed by atoms with Crippen molar-refractivity contribution in [3.05, 3.63) is 53.5 Å². The first kappa shape index (κ1) is 53.9. The van der Waals surface area contributed by atoms with Crippen LogP contribution in [0.5, 0.6) is 0 Å². The number of ketones is 1. The van der Waals surface area contributed by atoms with Crippen LogP contribution in [0.2, 0.25) is 0 Å². The average Bonchev–Trinajstić information content (AvgIpc) is 3.62. The number of carbonyl (C=O) groups is 6. The fraction of sp³-hybridized carbons (Fsp3) is 0.644. The molecule has 1 aromatic rings. The van der Waals surface area contributed by atoms with Gasteiger partial charge >= 0.3 is 6.03 Å². The van der Waals surface area contributed by atoms with Crippen LogP contribution in [0.1, 0.15) is 107 Å². The predicted octanol–water partition coefficient (Wildman–Crippen LogP) is 4.86. The van der Waals surface area contributed by atoms with E-state index in [-0.39, 0.29) is 6.04 Å². The van der Waals surface area contributed by atoms with Crippen molar-refractivity contribution in [2.75, 3.05) is 40.3 Å². The summed E-state index contributed by atoms with van der Waals surface area (Å²) >= 11 is 1.40. The zero-order valence-corrected chi connectivity index (χ0v) is 40.2. The molecule has 1 aromatic heterocycles. The SMILES string of the molecule is C=C/C=C\CC1=C(C)CCN(C=O)C1.CCCC(NC(=O)C1CCCN1C(=O)[C@@H](NC(=O)NC(CN(C)S(=O)c1cccs1)C(C)(C)C)C(C)(C)C)C(=O)C(=O)NC1CC1.CO. The van der Waals surface area contributed by atoms with E-state index in [2.05, 4.69) is 40.8 Å². The lowest BCUT2D eigenvalue weighted by Crippen LogP contribution is -2.61. The fourth-order valence-corrected chi connectivity index (χ4v) is 8.99. The number of nitrogens with zero attached hydrogens (tertiary/aromatic N) is 3. The summed E-state index contributed by atoms with van der Waals surface area (Å²) in [4.78, 5) is 80.2. The minimum atomic E-state index is -1.38. The Morgan fingerprint density at radius 1 is 1.03 bits per heavy atom. The second-order valence-electron chi connectivity index (χ2n) is 18.1. The van der Waals surface area contributed by atoms with E-state index in [9.17, 15) is 33.0 Å². The lowest BCUT2D eigenvalue weighted by molar-refractivity contribution is -0.143. The van der Waals surface area contributed by atoms with Gasteiger partial charge < -0.3 is 36.2 Å². The maximum Gasteiger partial charge on any atom is 0.315 e. The Balaban J connectivity index is 0.000000695. The van der Waals surface area contributed by atoms with E-state index in [0.29, 0.717) is 43.0 Å². The van der Waals surface area contributed by atoms with Crippen LogP contribution >= 0.6 is 11.3 Å². The molecule has 0 bridgehead atoms. The number of likely N-dealkylation sites (tertiary alicyclic amines) is 1. The summed E-state index contributed by atoms with van der Waals surface area (Å²) in [6, 6.07) is -0.0479. The molecule has 2 fully saturated rings. The molecule has 17 heteroatoms. The number of hydrogen-bond donors (Lipinski definition) is 5. The first-order chi connectivity index (χ1) is 29.2. The smallest absolute Gasteiger partial charge is 0.315 e. The first-order valence-electron chi connectivity index (χ1n) is 21.5. The molecule has 3 aliphatic rings. The van der Waals surface area contributed by atoms with Crippen molar-refractivity contribution >= 4 is 58.3 Å². The molecule has 0 aromatic carbocycles. The molecule has 4 rings (SSSR count). The molecule has 5 atom stereocenters. The number of rotatable bonds is 18. The number of urea groups is 1. The van der Waals surface area contributed by atoms with E-state index >= 15 is 0 Å². The van der Waals surface area contributed by atoms with Crippen LogP contribution in [0.4, 0.5) is 4.79 Å². The van der Waals surface area contributed by atoms with Gasteiger partial charge in [0, 0.05) is 52.4 Å². The zero-order chi connectivity index (χ0) is 46.8.